The Balaban J connectivity index is 2.03. The summed E-state index contributed by atoms with van der Waals surface area (Å²) in [5.74, 6) is 0.666. The zero-order chi connectivity index (χ0) is 22.5. The van der Waals surface area contributed by atoms with Crippen LogP contribution in [-0.2, 0) is 9.59 Å². The van der Waals surface area contributed by atoms with Crippen molar-refractivity contribution in [2.24, 2.45) is 5.92 Å². The Kier molecular flexibility index (Phi) is 7.23. The van der Waals surface area contributed by atoms with Gasteiger partial charge in [0.15, 0.2) is 11.5 Å². The fourth-order valence-corrected chi connectivity index (χ4v) is 3.51. The van der Waals surface area contributed by atoms with Gasteiger partial charge in [0.25, 0.3) is 11.8 Å². The Morgan fingerprint density at radius 2 is 1.58 bits per heavy atom. The average Bonchev–Trinajstić information content (AvgIpc) is 2.95. The highest BCUT2D eigenvalue weighted by molar-refractivity contribution is 6.36. The van der Waals surface area contributed by atoms with E-state index in [0.717, 1.165) is 0 Å². The summed E-state index contributed by atoms with van der Waals surface area (Å²) < 4.78 is 11.3. The first-order chi connectivity index (χ1) is 14.8. The average molecular weight is 443 g/mol. The third-order valence-corrected chi connectivity index (χ3v) is 4.91. The normalized spacial score (nSPS) is 13.9. The molecule has 31 heavy (non-hydrogen) atoms. The monoisotopic (exact) mass is 442 g/mol. The van der Waals surface area contributed by atoms with Gasteiger partial charge in [-0.2, -0.15) is 0 Å². The minimum absolute atomic E-state index is 0.147. The van der Waals surface area contributed by atoms with E-state index in [1.54, 1.807) is 42.5 Å². The van der Waals surface area contributed by atoms with Crippen LogP contribution in [0.25, 0.3) is 5.57 Å². The highest BCUT2D eigenvalue weighted by Crippen LogP contribution is 2.35. The number of hydrogen-bond donors (Lipinski definition) is 1. The zero-order valence-electron chi connectivity index (χ0n) is 18.2. The first kappa shape index (κ1) is 22.7. The van der Waals surface area contributed by atoms with Gasteiger partial charge in [0.2, 0.25) is 0 Å². The molecule has 7 heteroatoms. The molecule has 6 nitrogen and oxygen atoms in total. The molecule has 3 rings (SSSR count). The summed E-state index contributed by atoms with van der Waals surface area (Å²) in [6, 6.07) is 12.2. The molecule has 0 bridgehead atoms. The fourth-order valence-electron chi connectivity index (χ4n) is 3.38. The summed E-state index contributed by atoms with van der Waals surface area (Å²) in [6.07, 6.45) is 0. The van der Waals surface area contributed by atoms with Gasteiger partial charge < -0.3 is 14.8 Å². The first-order valence-electron chi connectivity index (χ1n) is 10.4. The third-order valence-electron chi connectivity index (χ3n) is 4.66. The number of nitrogens with zero attached hydrogens (tertiary/aromatic N) is 1. The van der Waals surface area contributed by atoms with Crippen LogP contribution in [0.15, 0.2) is 48.2 Å². The molecule has 2 aromatic rings. The van der Waals surface area contributed by atoms with Crippen molar-refractivity contribution in [2.45, 2.75) is 27.7 Å². The summed E-state index contributed by atoms with van der Waals surface area (Å²) >= 11 is 6.01. The molecule has 0 aromatic heterocycles. The minimum atomic E-state index is -0.351. The number of amides is 2. The van der Waals surface area contributed by atoms with E-state index in [4.69, 9.17) is 21.1 Å². The highest BCUT2D eigenvalue weighted by atomic mass is 35.5. The Labute approximate surface area is 187 Å². The lowest BCUT2D eigenvalue weighted by Crippen LogP contribution is -2.35. The van der Waals surface area contributed by atoms with Gasteiger partial charge in [0.05, 0.1) is 18.8 Å². The van der Waals surface area contributed by atoms with Crippen LogP contribution in [0.1, 0.15) is 33.3 Å². The van der Waals surface area contributed by atoms with Gasteiger partial charge in [-0.05, 0) is 49.6 Å². The standard InChI is InChI=1S/C24H27ClN2O4/c1-5-30-19-12-11-18(13-20(19)31-6-2)26-22-21(16-7-9-17(25)10-8-16)23(28)27(24(22)29)14-15(3)4/h7-13,15,26H,5-6,14H2,1-4H3. The minimum Gasteiger partial charge on any atom is -0.490 e. The molecule has 1 N–H and O–H groups in total. The Hall–Kier alpha value is -2.99. The van der Waals surface area contributed by atoms with Crippen LogP contribution in [0.5, 0.6) is 11.5 Å². The van der Waals surface area contributed by atoms with E-state index in [0.29, 0.717) is 53.1 Å². The molecule has 1 heterocycles. The van der Waals surface area contributed by atoms with Crippen molar-refractivity contribution in [1.29, 1.82) is 0 Å². The van der Waals surface area contributed by atoms with Crippen LogP contribution >= 0.6 is 11.6 Å². The van der Waals surface area contributed by atoms with Gasteiger partial charge in [0.1, 0.15) is 5.70 Å². The van der Waals surface area contributed by atoms with Gasteiger partial charge >= 0.3 is 0 Å². The topological polar surface area (TPSA) is 67.9 Å². The highest BCUT2D eigenvalue weighted by Gasteiger charge is 2.39. The van der Waals surface area contributed by atoms with Crippen LogP contribution in [0.3, 0.4) is 0 Å². The predicted molar refractivity (Wildman–Crippen MR) is 122 cm³/mol. The first-order valence-corrected chi connectivity index (χ1v) is 10.8. The van der Waals surface area contributed by atoms with Gasteiger partial charge in [-0.15, -0.1) is 0 Å². The summed E-state index contributed by atoms with van der Waals surface area (Å²) in [5.41, 5.74) is 1.82. The van der Waals surface area contributed by atoms with Gasteiger partial charge in [0, 0.05) is 23.3 Å². The number of rotatable bonds is 9. The van der Waals surface area contributed by atoms with E-state index in [1.165, 1.54) is 4.90 Å². The summed E-state index contributed by atoms with van der Waals surface area (Å²) in [6.45, 7) is 9.05. The molecule has 0 saturated carbocycles. The number of ether oxygens (including phenoxy) is 2. The van der Waals surface area contributed by atoms with Crippen molar-refractivity contribution in [1.82, 2.24) is 4.90 Å². The van der Waals surface area contributed by atoms with Crippen LogP contribution in [-0.4, -0.2) is 36.5 Å². The molecule has 0 fully saturated rings. The molecule has 2 aromatic carbocycles. The number of carbonyl (C=O) groups excluding carboxylic acids is 2. The molecule has 0 aliphatic carbocycles. The van der Waals surface area contributed by atoms with Crippen molar-refractivity contribution in [3.8, 4) is 11.5 Å². The van der Waals surface area contributed by atoms with E-state index in [9.17, 15) is 9.59 Å². The smallest absolute Gasteiger partial charge is 0.278 e. The number of halogens is 1. The van der Waals surface area contributed by atoms with Crippen LogP contribution in [0.4, 0.5) is 5.69 Å². The Bertz CT molecular complexity index is 999. The maximum atomic E-state index is 13.2. The van der Waals surface area contributed by atoms with Crippen molar-refractivity contribution >= 4 is 34.7 Å². The van der Waals surface area contributed by atoms with E-state index >= 15 is 0 Å². The molecular formula is C24H27ClN2O4. The van der Waals surface area contributed by atoms with E-state index in [-0.39, 0.29) is 23.4 Å². The largest absolute Gasteiger partial charge is 0.490 e. The number of carbonyl (C=O) groups is 2. The molecule has 1 aliphatic heterocycles. The molecule has 0 atom stereocenters. The molecule has 0 saturated heterocycles. The van der Waals surface area contributed by atoms with Crippen LogP contribution in [0, 0.1) is 5.92 Å². The van der Waals surface area contributed by atoms with Crippen molar-refractivity contribution in [3.05, 3.63) is 58.7 Å². The molecular weight excluding hydrogens is 416 g/mol. The lowest BCUT2D eigenvalue weighted by atomic mass is 10.0. The van der Waals surface area contributed by atoms with Crippen molar-refractivity contribution < 1.29 is 19.1 Å². The predicted octanol–water partition coefficient (Wildman–Crippen LogP) is 4.99. The van der Waals surface area contributed by atoms with Gasteiger partial charge in [-0.3, -0.25) is 14.5 Å². The quantitative estimate of drug-likeness (QED) is 0.554. The van der Waals surface area contributed by atoms with Crippen LogP contribution in [0.2, 0.25) is 5.02 Å². The molecule has 2 amide bonds. The Morgan fingerprint density at radius 3 is 2.19 bits per heavy atom. The number of imide groups is 1. The molecule has 0 radical (unpaired) electrons. The number of hydrogen-bond acceptors (Lipinski definition) is 5. The summed E-state index contributed by atoms with van der Waals surface area (Å²) in [5, 5.41) is 3.71. The van der Waals surface area contributed by atoms with Crippen LogP contribution < -0.4 is 14.8 Å². The Morgan fingerprint density at radius 1 is 0.935 bits per heavy atom. The number of benzene rings is 2. The fraction of sp³-hybridized carbons (Fsp3) is 0.333. The number of anilines is 1. The molecule has 0 unspecified atom stereocenters. The lowest BCUT2D eigenvalue weighted by molar-refractivity contribution is -0.137. The van der Waals surface area contributed by atoms with Crippen molar-refractivity contribution in [3.63, 3.8) is 0 Å². The second-order valence-corrected chi connectivity index (χ2v) is 7.96. The van der Waals surface area contributed by atoms with E-state index in [1.807, 2.05) is 27.7 Å². The maximum Gasteiger partial charge on any atom is 0.278 e. The molecule has 164 valence electrons. The third kappa shape index (κ3) is 5.02. The second kappa shape index (κ2) is 9.88. The second-order valence-electron chi connectivity index (χ2n) is 7.52. The van der Waals surface area contributed by atoms with Crippen molar-refractivity contribution in [2.75, 3.05) is 25.1 Å². The van der Waals surface area contributed by atoms with E-state index in [2.05, 4.69) is 5.32 Å². The zero-order valence-corrected chi connectivity index (χ0v) is 19.0. The lowest BCUT2D eigenvalue weighted by Gasteiger charge is -2.17. The van der Waals surface area contributed by atoms with E-state index < -0.39 is 0 Å². The number of nitrogens with one attached hydrogen (secondary N) is 1. The summed E-state index contributed by atoms with van der Waals surface area (Å²) in [4.78, 5) is 27.7. The maximum absolute atomic E-state index is 13.2. The SMILES string of the molecule is CCOc1ccc(NC2=C(c3ccc(Cl)cc3)C(=O)N(CC(C)C)C2=O)cc1OCC. The molecule has 1 aliphatic rings. The summed E-state index contributed by atoms with van der Waals surface area (Å²) in [7, 11) is 0. The molecule has 0 spiro atoms. The van der Waals surface area contributed by atoms with Gasteiger partial charge in [-0.25, -0.2) is 0 Å². The van der Waals surface area contributed by atoms with Gasteiger partial charge in [-0.1, -0.05) is 37.6 Å².